The third-order valence-electron chi connectivity index (χ3n) is 8.10. The van der Waals surface area contributed by atoms with Crippen molar-refractivity contribution in [3.05, 3.63) is 0 Å². The molecule has 2 saturated carbocycles. The SMILES string of the molecule is CC1(C)[C@@H]2CC[C@@]1(C)CN(C(=O)N1CC3(CC(CC(=O)O)C3)C1)C2. The Morgan fingerprint density at radius 2 is 1.75 bits per heavy atom. The fraction of sp³-hybridized carbons (Fsp3) is 0.895. The molecule has 2 bridgehead atoms. The molecule has 2 atom stereocenters. The Hall–Kier alpha value is -1.26. The van der Waals surface area contributed by atoms with Crippen molar-refractivity contribution >= 4 is 12.0 Å². The van der Waals surface area contributed by atoms with Gasteiger partial charge in [-0.25, -0.2) is 4.79 Å². The van der Waals surface area contributed by atoms with Crippen LogP contribution in [-0.4, -0.2) is 53.1 Å². The summed E-state index contributed by atoms with van der Waals surface area (Å²) in [6, 6.07) is 0.218. The monoisotopic (exact) mass is 334 g/mol. The molecule has 24 heavy (non-hydrogen) atoms. The molecule has 134 valence electrons. The average molecular weight is 334 g/mol. The third-order valence-corrected chi connectivity index (χ3v) is 8.10. The van der Waals surface area contributed by atoms with E-state index in [9.17, 15) is 9.59 Å². The molecule has 2 aliphatic carbocycles. The smallest absolute Gasteiger partial charge is 0.320 e. The van der Waals surface area contributed by atoms with Crippen LogP contribution in [0.25, 0.3) is 0 Å². The molecule has 4 rings (SSSR count). The van der Waals surface area contributed by atoms with E-state index in [1.165, 1.54) is 12.8 Å². The fourth-order valence-corrected chi connectivity index (χ4v) is 6.08. The van der Waals surface area contributed by atoms with E-state index in [1.807, 2.05) is 4.90 Å². The number of fused-ring (bicyclic) bond motifs is 2. The maximum absolute atomic E-state index is 12.9. The summed E-state index contributed by atoms with van der Waals surface area (Å²) in [5.41, 5.74) is 0.822. The first kappa shape index (κ1) is 16.2. The minimum Gasteiger partial charge on any atom is -0.481 e. The van der Waals surface area contributed by atoms with E-state index < -0.39 is 5.97 Å². The number of piperidine rings is 1. The number of amides is 2. The zero-order valence-electron chi connectivity index (χ0n) is 15.2. The van der Waals surface area contributed by atoms with Crippen molar-refractivity contribution in [3.8, 4) is 0 Å². The Morgan fingerprint density at radius 1 is 1.08 bits per heavy atom. The summed E-state index contributed by atoms with van der Waals surface area (Å²) in [5, 5.41) is 8.87. The predicted octanol–water partition coefficient (Wildman–Crippen LogP) is 3.05. The number of likely N-dealkylation sites (tertiary alicyclic amines) is 2. The summed E-state index contributed by atoms with van der Waals surface area (Å²) in [7, 11) is 0. The number of carboxylic acid groups (broad SMARTS) is 1. The van der Waals surface area contributed by atoms with Crippen LogP contribution >= 0.6 is 0 Å². The topological polar surface area (TPSA) is 60.9 Å². The first-order valence-electron chi connectivity index (χ1n) is 9.40. The summed E-state index contributed by atoms with van der Waals surface area (Å²) >= 11 is 0. The number of hydrogen-bond acceptors (Lipinski definition) is 2. The Kier molecular flexibility index (Phi) is 3.30. The normalized spacial score (nSPS) is 36.4. The summed E-state index contributed by atoms with van der Waals surface area (Å²) in [6.45, 7) is 10.6. The lowest BCUT2D eigenvalue weighted by Gasteiger charge is -2.60. The Bertz CT molecular complexity index is 573. The zero-order chi connectivity index (χ0) is 17.3. The molecule has 1 spiro atoms. The molecule has 1 N–H and O–H groups in total. The minimum absolute atomic E-state index is 0.218. The van der Waals surface area contributed by atoms with Gasteiger partial charge in [0.1, 0.15) is 0 Å². The number of carbonyl (C=O) groups excluding carboxylic acids is 1. The molecule has 5 heteroatoms. The highest BCUT2D eigenvalue weighted by molar-refractivity contribution is 5.76. The van der Waals surface area contributed by atoms with Gasteiger partial charge >= 0.3 is 12.0 Å². The molecule has 2 saturated heterocycles. The molecule has 4 fully saturated rings. The van der Waals surface area contributed by atoms with Gasteiger partial charge in [0.2, 0.25) is 0 Å². The maximum atomic E-state index is 12.9. The number of aliphatic carboxylic acids is 1. The van der Waals surface area contributed by atoms with Crippen LogP contribution in [0.5, 0.6) is 0 Å². The summed E-state index contributed by atoms with van der Waals surface area (Å²) in [6.07, 6.45) is 4.73. The molecule has 0 unspecified atom stereocenters. The van der Waals surface area contributed by atoms with Crippen LogP contribution in [0.2, 0.25) is 0 Å². The van der Waals surface area contributed by atoms with Crippen molar-refractivity contribution in [3.63, 3.8) is 0 Å². The number of nitrogens with zero attached hydrogens (tertiary/aromatic N) is 2. The highest BCUT2D eigenvalue weighted by atomic mass is 16.4. The minimum atomic E-state index is -0.693. The van der Waals surface area contributed by atoms with Gasteiger partial charge < -0.3 is 14.9 Å². The standard InChI is InChI=1S/C19H30N2O3/c1-17(2)14-4-5-18(17,3)10-20(9-14)16(24)21-11-19(12-21)7-13(8-19)6-15(22)23/h13-14H,4-12H2,1-3H3,(H,22,23)/t14-,18+/m1/s1. The Morgan fingerprint density at radius 3 is 2.33 bits per heavy atom. The van der Waals surface area contributed by atoms with Gasteiger partial charge in [0, 0.05) is 38.0 Å². The average Bonchev–Trinajstić information content (AvgIpc) is 2.57. The largest absolute Gasteiger partial charge is 0.481 e. The van der Waals surface area contributed by atoms with Crippen molar-refractivity contribution in [2.24, 2.45) is 28.1 Å². The van der Waals surface area contributed by atoms with Crippen LogP contribution in [0, 0.1) is 28.1 Å². The van der Waals surface area contributed by atoms with Crippen molar-refractivity contribution in [1.82, 2.24) is 9.80 Å². The predicted molar refractivity (Wildman–Crippen MR) is 90.6 cm³/mol. The molecule has 0 aromatic heterocycles. The molecule has 0 radical (unpaired) electrons. The van der Waals surface area contributed by atoms with Crippen LogP contribution in [0.4, 0.5) is 4.79 Å². The second-order valence-electron chi connectivity index (χ2n) is 9.91. The van der Waals surface area contributed by atoms with E-state index in [0.717, 1.165) is 39.0 Å². The van der Waals surface area contributed by atoms with E-state index in [1.54, 1.807) is 0 Å². The lowest BCUT2D eigenvalue weighted by atomic mass is 9.57. The second kappa shape index (κ2) is 4.89. The maximum Gasteiger partial charge on any atom is 0.320 e. The number of rotatable bonds is 2. The van der Waals surface area contributed by atoms with Gasteiger partial charge in [-0.05, 0) is 48.3 Å². The number of carbonyl (C=O) groups is 2. The summed E-state index contributed by atoms with van der Waals surface area (Å²) < 4.78 is 0. The van der Waals surface area contributed by atoms with Crippen LogP contribution < -0.4 is 0 Å². The van der Waals surface area contributed by atoms with Crippen molar-refractivity contribution in [2.45, 2.75) is 52.9 Å². The van der Waals surface area contributed by atoms with Gasteiger partial charge in [-0.2, -0.15) is 0 Å². The highest BCUT2D eigenvalue weighted by Gasteiger charge is 2.58. The van der Waals surface area contributed by atoms with Crippen molar-refractivity contribution < 1.29 is 14.7 Å². The van der Waals surface area contributed by atoms with Gasteiger partial charge in [-0.3, -0.25) is 4.79 Å². The van der Waals surface area contributed by atoms with Crippen molar-refractivity contribution in [2.75, 3.05) is 26.2 Å². The first-order chi connectivity index (χ1) is 11.1. The van der Waals surface area contributed by atoms with Gasteiger partial charge in [0.15, 0.2) is 0 Å². The second-order valence-corrected chi connectivity index (χ2v) is 9.91. The lowest BCUT2D eigenvalue weighted by molar-refractivity contribution is -0.143. The first-order valence-corrected chi connectivity index (χ1v) is 9.40. The van der Waals surface area contributed by atoms with E-state index in [4.69, 9.17) is 5.11 Å². The molecule has 0 aromatic rings. The molecule has 4 aliphatic rings. The highest BCUT2D eigenvalue weighted by Crippen LogP contribution is 2.59. The van der Waals surface area contributed by atoms with E-state index in [-0.39, 0.29) is 23.3 Å². The van der Waals surface area contributed by atoms with Gasteiger partial charge in [-0.1, -0.05) is 20.8 Å². The van der Waals surface area contributed by atoms with Gasteiger partial charge in [0.25, 0.3) is 0 Å². The molecule has 5 nitrogen and oxygen atoms in total. The molecular formula is C19H30N2O3. The van der Waals surface area contributed by atoms with E-state index >= 15 is 0 Å². The number of urea groups is 1. The van der Waals surface area contributed by atoms with Gasteiger partial charge in [-0.15, -0.1) is 0 Å². The van der Waals surface area contributed by atoms with Crippen LogP contribution in [0.1, 0.15) is 52.9 Å². The number of carboxylic acids is 1. The Labute approximate surface area is 144 Å². The summed E-state index contributed by atoms with van der Waals surface area (Å²) in [4.78, 5) is 27.8. The lowest BCUT2D eigenvalue weighted by Crippen LogP contribution is -2.67. The molecule has 2 amide bonds. The molecule has 2 aliphatic heterocycles. The third kappa shape index (κ3) is 2.19. The van der Waals surface area contributed by atoms with Crippen LogP contribution in [0.15, 0.2) is 0 Å². The quantitative estimate of drug-likeness (QED) is 0.844. The van der Waals surface area contributed by atoms with E-state index in [0.29, 0.717) is 17.3 Å². The van der Waals surface area contributed by atoms with Crippen LogP contribution in [0.3, 0.4) is 0 Å². The van der Waals surface area contributed by atoms with Gasteiger partial charge in [0.05, 0.1) is 0 Å². The molecule has 2 heterocycles. The van der Waals surface area contributed by atoms with Crippen LogP contribution in [-0.2, 0) is 4.79 Å². The Balaban J connectivity index is 1.32. The zero-order valence-corrected chi connectivity index (χ0v) is 15.2. The van der Waals surface area contributed by atoms with E-state index in [2.05, 4.69) is 25.7 Å². The fourth-order valence-electron chi connectivity index (χ4n) is 6.08. The molecule has 0 aromatic carbocycles. The van der Waals surface area contributed by atoms with Crippen molar-refractivity contribution in [1.29, 1.82) is 0 Å². The summed E-state index contributed by atoms with van der Waals surface area (Å²) in [5.74, 6) is 0.256. The number of hydrogen-bond donors (Lipinski definition) is 1. The molecular weight excluding hydrogens is 304 g/mol.